The number of aromatic amines is 1. The van der Waals surface area contributed by atoms with Crippen molar-refractivity contribution in [3.05, 3.63) is 51.9 Å². The number of esters is 1. The first-order chi connectivity index (χ1) is 20.2. The lowest BCUT2D eigenvalue weighted by atomic mass is 9.87. The number of nitriles is 1. The molecule has 2 aromatic heterocycles. The molecule has 0 spiro atoms. The largest absolute Gasteiger partial charge is 0.463 e. The first kappa shape index (κ1) is 31.6. The van der Waals surface area contributed by atoms with Gasteiger partial charge in [-0.3, -0.25) is 14.3 Å². The predicted molar refractivity (Wildman–Crippen MR) is 151 cm³/mol. The molecule has 0 aliphatic carbocycles. The molecular formula is C29H33F3N6O5. The Hall–Kier alpha value is -4.38. The number of amides is 1. The molecule has 2 atom stereocenters. The SMILES string of the molecule is Cc1cc(Nc2nn(C3(CC#N)CC[C@@H](C(=O)OCC(C)C)OC3)c3cc[nH]c(=O)c23)ccc1C(=O)N(C)CC(F)(F)F. The van der Waals surface area contributed by atoms with Crippen LogP contribution in [0, 0.1) is 24.2 Å². The maximum absolute atomic E-state index is 13.0. The average molecular weight is 603 g/mol. The quantitative estimate of drug-likeness (QED) is 0.343. The Labute approximate surface area is 245 Å². The standard InChI is InChI=1S/C29H33F3N6O5/c1-17(2)14-42-27(41)22-7-9-28(10-11-33,16-43-22)38-21-8-12-34-25(39)23(21)24(36-38)35-19-5-6-20(18(3)13-19)26(40)37(4)15-29(30,31)32/h5-6,8,12-13,17,22H,7,9-10,14-16H2,1-4H3,(H,34,39)(H,35,36)/t22-,28?/m0/s1. The molecule has 230 valence electrons. The lowest BCUT2D eigenvalue weighted by Crippen LogP contribution is -2.47. The Kier molecular flexibility index (Phi) is 9.15. The van der Waals surface area contributed by atoms with Gasteiger partial charge in [0.2, 0.25) is 0 Å². The summed E-state index contributed by atoms with van der Waals surface area (Å²) in [7, 11) is 1.08. The molecule has 0 bridgehead atoms. The van der Waals surface area contributed by atoms with Crippen molar-refractivity contribution in [3.63, 3.8) is 0 Å². The number of carbonyl (C=O) groups is 2. The van der Waals surface area contributed by atoms with Crippen molar-refractivity contribution in [2.45, 2.75) is 57.9 Å². The van der Waals surface area contributed by atoms with E-state index in [1.54, 1.807) is 23.7 Å². The highest BCUT2D eigenvalue weighted by molar-refractivity contribution is 5.96. The number of hydrogen-bond donors (Lipinski definition) is 2. The summed E-state index contributed by atoms with van der Waals surface area (Å²) in [6.07, 6.45) is -3.23. The van der Waals surface area contributed by atoms with Crippen molar-refractivity contribution < 1.29 is 32.2 Å². The molecule has 1 aromatic carbocycles. The van der Waals surface area contributed by atoms with Crippen molar-refractivity contribution in [2.75, 3.05) is 32.1 Å². The monoisotopic (exact) mass is 602 g/mol. The maximum atomic E-state index is 13.0. The molecule has 43 heavy (non-hydrogen) atoms. The van der Waals surface area contributed by atoms with Crippen molar-refractivity contribution in [3.8, 4) is 6.07 Å². The zero-order valence-corrected chi connectivity index (χ0v) is 24.2. The Bertz CT molecular complexity index is 1600. The van der Waals surface area contributed by atoms with Crippen LogP contribution < -0.4 is 10.9 Å². The van der Waals surface area contributed by atoms with E-state index >= 15 is 0 Å². The molecule has 0 radical (unpaired) electrons. The maximum Gasteiger partial charge on any atom is 0.406 e. The Morgan fingerprint density at radius 3 is 2.70 bits per heavy atom. The molecule has 0 saturated carbocycles. The van der Waals surface area contributed by atoms with Crippen molar-refractivity contribution in [1.29, 1.82) is 5.26 Å². The van der Waals surface area contributed by atoms with Crippen LogP contribution in [0.1, 0.15) is 49.0 Å². The van der Waals surface area contributed by atoms with Crippen LogP contribution in [0.25, 0.3) is 10.9 Å². The zero-order valence-electron chi connectivity index (χ0n) is 24.2. The molecule has 3 heterocycles. The van der Waals surface area contributed by atoms with Crippen molar-refractivity contribution in [2.24, 2.45) is 5.92 Å². The van der Waals surface area contributed by atoms with E-state index in [4.69, 9.17) is 9.47 Å². The second-order valence-electron chi connectivity index (χ2n) is 11.2. The van der Waals surface area contributed by atoms with Gasteiger partial charge in [-0.1, -0.05) is 13.8 Å². The molecule has 1 aliphatic heterocycles. The molecule has 1 unspecified atom stereocenters. The van der Waals surface area contributed by atoms with Gasteiger partial charge in [0.1, 0.15) is 11.9 Å². The summed E-state index contributed by atoms with van der Waals surface area (Å²) in [5.41, 5.74) is -0.0431. The van der Waals surface area contributed by atoms with E-state index in [9.17, 15) is 32.8 Å². The summed E-state index contributed by atoms with van der Waals surface area (Å²) >= 11 is 0. The lowest BCUT2D eigenvalue weighted by molar-refractivity contribution is -0.166. The third kappa shape index (κ3) is 6.99. The van der Waals surface area contributed by atoms with Crippen molar-refractivity contribution in [1.82, 2.24) is 19.7 Å². The molecular weight excluding hydrogens is 569 g/mol. The van der Waals surface area contributed by atoms with E-state index in [0.29, 0.717) is 28.1 Å². The minimum atomic E-state index is -4.53. The van der Waals surface area contributed by atoms with Crippen LogP contribution in [0.3, 0.4) is 0 Å². The number of fused-ring (bicyclic) bond motifs is 1. The number of halogens is 3. The lowest BCUT2D eigenvalue weighted by Gasteiger charge is -2.38. The zero-order chi connectivity index (χ0) is 31.5. The van der Waals surface area contributed by atoms with E-state index in [1.807, 2.05) is 13.8 Å². The third-order valence-electron chi connectivity index (χ3n) is 7.19. The van der Waals surface area contributed by atoms with E-state index in [0.717, 1.165) is 7.05 Å². The number of benzene rings is 1. The highest BCUT2D eigenvalue weighted by atomic mass is 19.4. The van der Waals surface area contributed by atoms with Gasteiger partial charge < -0.3 is 24.7 Å². The molecule has 2 N–H and O–H groups in total. The number of rotatable bonds is 9. The number of pyridine rings is 1. The molecule has 4 rings (SSSR count). The van der Waals surface area contributed by atoms with Crippen LogP contribution in [0.4, 0.5) is 24.7 Å². The van der Waals surface area contributed by atoms with Crippen LogP contribution >= 0.6 is 0 Å². The van der Waals surface area contributed by atoms with Gasteiger partial charge in [0.05, 0.1) is 36.8 Å². The number of ether oxygens (including phenoxy) is 2. The Morgan fingerprint density at radius 2 is 2.09 bits per heavy atom. The Morgan fingerprint density at radius 1 is 1.35 bits per heavy atom. The number of aromatic nitrogens is 3. The van der Waals surface area contributed by atoms with E-state index in [1.165, 1.54) is 18.3 Å². The second-order valence-corrected chi connectivity index (χ2v) is 11.2. The summed E-state index contributed by atoms with van der Waals surface area (Å²) in [6, 6.07) is 8.31. The number of anilines is 2. The van der Waals surface area contributed by atoms with Gasteiger partial charge in [0.25, 0.3) is 11.5 Å². The van der Waals surface area contributed by atoms with Gasteiger partial charge in [-0.15, -0.1) is 0 Å². The molecule has 14 heteroatoms. The molecule has 1 amide bonds. The first-order valence-corrected chi connectivity index (χ1v) is 13.7. The fourth-order valence-electron chi connectivity index (χ4n) is 5.06. The number of H-pyrrole nitrogens is 1. The Balaban J connectivity index is 1.64. The van der Waals surface area contributed by atoms with Crippen LogP contribution in [-0.4, -0.2) is 70.6 Å². The fraction of sp³-hybridized carbons (Fsp3) is 0.483. The highest BCUT2D eigenvalue weighted by Crippen LogP contribution is 2.37. The van der Waals surface area contributed by atoms with Gasteiger partial charge in [-0.2, -0.15) is 23.5 Å². The van der Waals surface area contributed by atoms with Gasteiger partial charge in [0, 0.05) is 24.5 Å². The number of nitrogens with zero attached hydrogens (tertiary/aromatic N) is 4. The highest BCUT2D eigenvalue weighted by Gasteiger charge is 2.42. The molecule has 1 aliphatic rings. The average Bonchev–Trinajstić information content (AvgIpc) is 3.31. The summed E-state index contributed by atoms with van der Waals surface area (Å²) in [6.45, 7) is 4.30. The third-order valence-corrected chi connectivity index (χ3v) is 7.19. The fourth-order valence-corrected chi connectivity index (χ4v) is 5.06. The summed E-state index contributed by atoms with van der Waals surface area (Å²) in [5, 5.41) is 17.7. The molecule has 1 fully saturated rings. The van der Waals surface area contributed by atoms with Gasteiger partial charge in [0.15, 0.2) is 11.9 Å². The van der Waals surface area contributed by atoms with Crippen LogP contribution in [0.2, 0.25) is 0 Å². The predicted octanol–water partition coefficient (Wildman–Crippen LogP) is 4.40. The van der Waals surface area contributed by atoms with Gasteiger partial charge >= 0.3 is 12.1 Å². The smallest absolute Gasteiger partial charge is 0.406 e. The first-order valence-electron chi connectivity index (χ1n) is 13.7. The topological polar surface area (TPSA) is 142 Å². The molecule has 3 aromatic rings. The summed E-state index contributed by atoms with van der Waals surface area (Å²) < 4.78 is 51.2. The number of hydrogen-bond acceptors (Lipinski definition) is 8. The van der Waals surface area contributed by atoms with Crippen LogP contribution in [0.15, 0.2) is 35.3 Å². The second kappa shape index (κ2) is 12.5. The number of carbonyl (C=O) groups excluding carboxylic acids is 2. The van der Waals surface area contributed by atoms with E-state index in [-0.39, 0.29) is 48.7 Å². The number of alkyl halides is 3. The van der Waals surface area contributed by atoms with E-state index in [2.05, 4.69) is 21.5 Å². The van der Waals surface area contributed by atoms with Crippen LogP contribution in [0.5, 0.6) is 0 Å². The summed E-state index contributed by atoms with van der Waals surface area (Å²) in [4.78, 5) is 41.3. The van der Waals surface area contributed by atoms with Crippen LogP contribution in [-0.2, 0) is 19.8 Å². The number of aryl methyl sites for hydroxylation is 1. The minimum Gasteiger partial charge on any atom is -0.463 e. The van der Waals surface area contributed by atoms with E-state index < -0.39 is 41.8 Å². The summed E-state index contributed by atoms with van der Waals surface area (Å²) in [5.74, 6) is -0.916. The van der Waals surface area contributed by atoms with Gasteiger partial charge in [-0.05, 0) is 55.5 Å². The number of nitrogens with one attached hydrogen (secondary N) is 2. The van der Waals surface area contributed by atoms with Gasteiger partial charge in [-0.25, -0.2) is 4.79 Å². The molecule has 11 nitrogen and oxygen atoms in total. The normalized spacial score (nSPS) is 18.8. The van der Waals surface area contributed by atoms with Crippen molar-refractivity contribution >= 4 is 34.3 Å². The minimum absolute atomic E-state index is 0.00879. The molecule has 1 saturated heterocycles.